The van der Waals surface area contributed by atoms with Gasteiger partial charge in [0.2, 0.25) is 11.6 Å². The van der Waals surface area contributed by atoms with Gasteiger partial charge in [0, 0.05) is 50.1 Å². The number of ether oxygens (including phenoxy) is 1. The van der Waals surface area contributed by atoms with Crippen LogP contribution in [0.2, 0.25) is 0 Å². The SMILES string of the molecule is C[n+]1ccc(-c2ccc3sc4ccccc4c3c2)cc1-c1cccc(Oc2ccccn2)c1. The first kappa shape index (κ1) is 19.6. The molecule has 4 heteroatoms. The molecule has 0 spiro atoms. The van der Waals surface area contributed by atoms with Crippen molar-refractivity contribution in [2.24, 2.45) is 7.05 Å². The summed E-state index contributed by atoms with van der Waals surface area (Å²) in [4.78, 5) is 4.26. The molecule has 0 amide bonds. The molecule has 0 unspecified atom stereocenters. The molecule has 158 valence electrons. The lowest BCUT2D eigenvalue weighted by Gasteiger charge is -2.08. The first-order valence-electron chi connectivity index (χ1n) is 10.9. The minimum Gasteiger partial charge on any atom is -0.439 e. The molecule has 3 aromatic heterocycles. The highest BCUT2D eigenvalue weighted by Gasteiger charge is 2.14. The Labute approximate surface area is 196 Å². The van der Waals surface area contributed by atoms with Gasteiger partial charge in [0.1, 0.15) is 12.8 Å². The van der Waals surface area contributed by atoms with Gasteiger partial charge >= 0.3 is 0 Å². The van der Waals surface area contributed by atoms with E-state index in [-0.39, 0.29) is 0 Å². The Balaban J connectivity index is 1.40. The van der Waals surface area contributed by atoms with Crippen LogP contribution in [0.25, 0.3) is 42.6 Å². The fourth-order valence-electron chi connectivity index (χ4n) is 4.19. The van der Waals surface area contributed by atoms with Gasteiger partial charge in [-0.25, -0.2) is 9.55 Å². The third kappa shape index (κ3) is 3.75. The summed E-state index contributed by atoms with van der Waals surface area (Å²) >= 11 is 1.85. The van der Waals surface area contributed by atoms with Crippen molar-refractivity contribution in [2.75, 3.05) is 0 Å². The molecule has 0 fully saturated rings. The number of hydrogen-bond acceptors (Lipinski definition) is 3. The van der Waals surface area contributed by atoms with Gasteiger partial charge in [-0.2, -0.15) is 0 Å². The summed E-state index contributed by atoms with van der Waals surface area (Å²) in [5, 5.41) is 2.63. The van der Waals surface area contributed by atoms with E-state index in [1.54, 1.807) is 6.20 Å². The van der Waals surface area contributed by atoms with Crippen molar-refractivity contribution >= 4 is 31.5 Å². The number of fused-ring (bicyclic) bond motifs is 3. The van der Waals surface area contributed by atoms with E-state index >= 15 is 0 Å². The van der Waals surface area contributed by atoms with Crippen molar-refractivity contribution in [1.82, 2.24) is 4.98 Å². The number of thiophene rings is 1. The zero-order valence-corrected chi connectivity index (χ0v) is 18.9. The molecular formula is C29H21N2OS+. The number of aryl methyl sites for hydroxylation is 1. The smallest absolute Gasteiger partial charge is 0.219 e. The molecule has 33 heavy (non-hydrogen) atoms. The van der Waals surface area contributed by atoms with Gasteiger partial charge in [-0.05, 0) is 53.6 Å². The predicted molar refractivity (Wildman–Crippen MR) is 136 cm³/mol. The van der Waals surface area contributed by atoms with Crippen LogP contribution in [-0.4, -0.2) is 4.98 Å². The molecule has 0 aliphatic rings. The van der Waals surface area contributed by atoms with Gasteiger partial charge in [0.25, 0.3) is 0 Å². The maximum absolute atomic E-state index is 5.96. The van der Waals surface area contributed by atoms with Gasteiger partial charge in [0.15, 0.2) is 6.20 Å². The Morgan fingerprint density at radius 2 is 1.55 bits per heavy atom. The van der Waals surface area contributed by atoms with Gasteiger partial charge in [0.05, 0.1) is 0 Å². The monoisotopic (exact) mass is 445 g/mol. The van der Waals surface area contributed by atoms with Crippen molar-refractivity contribution in [1.29, 1.82) is 0 Å². The van der Waals surface area contributed by atoms with Gasteiger partial charge < -0.3 is 4.74 Å². The van der Waals surface area contributed by atoms with E-state index in [0.717, 1.165) is 17.0 Å². The van der Waals surface area contributed by atoms with Crippen molar-refractivity contribution in [2.45, 2.75) is 0 Å². The molecule has 0 saturated carbocycles. The molecule has 3 heterocycles. The number of aromatic nitrogens is 2. The van der Waals surface area contributed by atoms with Crippen LogP contribution in [-0.2, 0) is 7.05 Å². The highest BCUT2D eigenvalue weighted by atomic mass is 32.1. The molecule has 0 aliphatic heterocycles. The fraction of sp³-hybridized carbons (Fsp3) is 0.0345. The second-order valence-corrected chi connectivity index (χ2v) is 9.10. The number of pyridine rings is 2. The minimum atomic E-state index is 0.587. The molecule has 0 N–H and O–H groups in total. The Morgan fingerprint density at radius 1 is 0.697 bits per heavy atom. The highest BCUT2D eigenvalue weighted by Crippen LogP contribution is 2.36. The number of nitrogens with zero attached hydrogens (tertiary/aromatic N) is 2. The zero-order valence-electron chi connectivity index (χ0n) is 18.1. The van der Waals surface area contributed by atoms with E-state index < -0.39 is 0 Å². The van der Waals surface area contributed by atoms with Gasteiger partial charge in [-0.3, -0.25) is 0 Å². The summed E-state index contributed by atoms with van der Waals surface area (Å²) in [5.74, 6) is 1.35. The summed E-state index contributed by atoms with van der Waals surface area (Å²) in [6, 6.07) is 33.6. The lowest BCUT2D eigenvalue weighted by Crippen LogP contribution is -2.30. The third-order valence-electron chi connectivity index (χ3n) is 5.85. The number of rotatable bonds is 4. The van der Waals surface area contributed by atoms with Crippen LogP contribution in [0.3, 0.4) is 0 Å². The van der Waals surface area contributed by atoms with E-state index in [0.29, 0.717) is 5.88 Å². The first-order chi connectivity index (χ1) is 16.2. The Bertz CT molecular complexity index is 1610. The topological polar surface area (TPSA) is 26.0 Å². The van der Waals surface area contributed by atoms with E-state index in [1.165, 1.54) is 31.3 Å². The maximum atomic E-state index is 5.96. The fourth-order valence-corrected chi connectivity index (χ4v) is 5.28. The zero-order chi connectivity index (χ0) is 22.2. The van der Waals surface area contributed by atoms with Gasteiger partial charge in [-0.1, -0.05) is 36.4 Å². The van der Waals surface area contributed by atoms with Crippen molar-refractivity contribution < 1.29 is 9.30 Å². The Hall–Kier alpha value is -4.02. The molecule has 0 atom stereocenters. The summed E-state index contributed by atoms with van der Waals surface area (Å²) in [6.45, 7) is 0. The third-order valence-corrected chi connectivity index (χ3v) is 7.00. The molecule has 0 saturated heterocycles. The Morgan fingerprint density at radius 3 is 2.45 bits per heavy atom. The summed E-state index contributed by atoms with van der Waals surface area (Å²) in [7, 11) is 2.07. The Kier molecular flexibility index (Phi) is 4.85. The van der Waals surface area contributed by atoms with Crippen LogP contribution in [0.15, 0.2) is 109 Å². The molecular weight excluding hydrogens is 424 g/mol. The van der Waals surface area contributed by atoms with E-state index in [2.05, 4.69) is 89.5 Å². The average molecular weight is 446 g/mol. The molecule has 3 aromatic carbocycles. The molecule has 3 nitrogen and oxygen atoms in total. The quantitative estimate of drug-likeness (QED) is 0.264. The predicted octanol–water partition coefficient (Wildman–Crippen LogP) is 7.40. The molecule has 6 aromatic rings. The average Bonchev–Trinajstić information content (AvgIpc) is 3.23. The highest BCUT2D eigenvalue weighted by molar-refractivity contribution is 7.25. The van der Waals surface area contributed by atoms with Crippen LogP contribution in [0, 0.1) is 0 Å². The van der Waals surface area contributed by atoms with Crippen LogP contribution in [0.4, 0.5) is 0 Å². The van der Waals surface area contributed by atoms with Crippen molar-refractivity contribution in [3.63, 3.8) is 0 Å². The first-order valence-corrected chi connectivity index (χ1v) is 11.7. The van der Waals surface area contributed by atoms with Gasteiger partial charge in [-0.15, -0.1) is 11.3 Å². The lowest BCUT2D eigenvalue weighted by molar-refractivity contribution is -0.660. The minimum absolute atomic E-state index is 0.587. The van der Waals surface area contributed by atoms with Crippen LogP contribution in [0.5, 0.6) is 11.6 Å². The van der Waals surface area contributed by atoms with Crippen molar-refractivity contribution in [3.8, 4) is 34.0 Å². The normalized spacial score (nSPS) is 11.2. The van der Waals surface area contributed by atoms with Crippen LogP contribution < -0.4 is 9.30 Å². The number of benzene rings is 3. The second-order valence-electron chi connectivity index (χ2n) is 8.02. The van der Waals surface area contributed by atoms with E-state index in [1.807, 2.05) is 41.7 Å². The van der Waals surface area contributed by atoms with Crippen molar-refractivity contribution in [3.05, 3.63) is 109 Å². The second kappa shape index (κ2) is 8.15. The summed E-state index contributed by atoms with van der Waals surface area (Å²) in [5.41, 5.74) is 4.62. The summed E-state index contributed by atoms with van der Waals surface area (Å²) in [6.07, 6.45) is 3.85. The largest absolute Gasteiger partial charge is 0.439 e. The molecule has 6 rings (SSSR count). The lowest BCUT2D eigenvalue weighted by atomic mass is 10.0. The standard InChI is InChI=1S/C29H21N2OS/c1-31-16-14-21(20-12-13-28-25(18-20)24-9-2-3-10-27(24)33-28)19-26(31)22-7-6-8-23(17-22)32-29-11-4-5-15-30-29/h2-19H,1H3/q+1. The molecule has 0 aliphatic carbocycles. The van der Waals surface area contributed by atoms with E-state index in [4.69, 9.17) is 4.74 Å². The van der Waals surface area contributed by atoms with Crippen LogP contribution in [0.1, 0.15) is 0 Å². The molecule has 0 radical (unpaired) electrons. The summed E-state index contributed by atoms with van der Waals surface area (Å²) < 4.78 is 10.7. The molecule has 0 bridgehead atoms. The number of hydrogen-bond donors (Lipinski definition) is 0. The van der Waals surface area contributed by atoms with Crippen LogP contribution >= 0.6 is 11.3 Å². The van der Waals surface area contributed by atoms with E-state index in [9.17, 15) is 0 Å². The maximum Gasteiger partial charge on any atom is 0.219 e.